The average molecular weight is 202 g/mol. The maximum absolute atomic E-state index is 11.6. The van der Waals surface area contributed by atoms with Crippen molar-refractivity contribution in [2.24, 2.45) is 0 Å². The molecule has 2 amide bonds. The molecule has 0 aromatic carbocycles. The number of likely N-dealkylation sites (tertiary alicyclic amines) is 1. The molecule has 0 aromatic rings. The van der Waals surface area contributed by atoms with E-state index in [1.54, 1.807) is 20.8 Å². The second-order valence-electron chi connectivity index (χ2n) is 4.53. The van der Waals surface area contributed by atoms with Gasteiger partial charge in [-0.25, -0.2) is 0 Å². The highest BCUT2D eigenvalue weighted by molar-refractivity contribution is 5.76. The largest absolute Gasteiger partial charge is 0.527 e. The highest BCUT2D eigenvalue weighted by Crippen LogP contribution is 2.24. The Hall–Kier alpha value is -1.10. The van der Waals surface area contributed by atoms with Crippen LogP contribution in [0.3, 0.4) is 0 Å². The van der Waals surface area contributed by atoms with Gasteiger partial charge in [0.15, 0.2) is 0 Å². The minimum atomic E-state index is -1.12. The molecule has 0 bridgehead atoms. The summed E-state index contributed by atoms with van der Waals surface area (Å²) in [6, 6.07) is 0. The zero-order valence-electron chi connectivity index (χ0n) is 8.74. The molecule has 80 valence electrons. The van der Waals surface area contributed by atoms with Crippen molar-refractivity contribution in [3.63, 3.8) is 0 Å². The molecule has 0 spiro atoms. The van der Waals surface area contributed by atoms with E-state index in [0.29, 0.717) is 13.1 Å². The van der Waals surface area contributed by atoms with Crippen LogP contribution in [0.5, 0.6) is 0 Å². The van der Waals surface area contributed by atoms with Crippen molar-refractivity contribution in [2.75, 3.05) is 13.1 Å². The molecular formula is C9H16NO4+. The molecule has 1 N–H and O–H groups in total. The SMILES string of the molecule is CC(C)(C)OC(=O)[N+]1(C(=O)O)CCC1. The Kier molecular flexibility index (Phi) is 2.54. The van der Waals surface area contributed by atoms with Gasteiger partial charge in [0.25, 0.3) is 0 Å². The molecule has 1 heterocycles. The summed E-state index contributed by atoms with van der Waals surface area (Å²) >= 11 is 0. The van der Waals surface area contributed by atoms with Crippen LogP contribution in [0, 0.1) is 0 Å². The minimum absolute atomic E-state index is 0.338. The van der Waals surface area contributed by atoms with E-state index in [2.05, 4.69) is 0 Å². The van der Waals surface area contributed by atoms with Crippen LogP contribution in [-0.4, -0.2) is 40.5 Å². The molecule has 0 atom stereocenters. The smallest absolute Gasteiger partial charge is 0.435 e. The first kappa shape index (κ1) is 11.0. The Labute approximate surface area is 82.9 Å². The van der Waals surface area contributed by atoms with Crippen LogP contribution in [0.2, 0.25) is 0 Å². The zero-order chi connectivity index (χ0) is 11.0. The predicted molar refractivity (Wildman–Crippen MR) is 48.9 cm³/mol. The van der Waals surface area contributed by atoms with Crippen LogP contribution >= 0.6 is 0 Å². The Morgan fingerprint density at radius 1 is 1.29 bits per heavy atom. The van der Waals surface area contributed by atoms with Crippen LogP contribution in [0.1, 0.15) is 27.2 Å². The first-order valence-electron chi connectivity index (χ1n) is 4.62. The molecule has 5 heteroatoms. The maximum atomic E-state index is 11.6. The minimum Gasteiger partial charge on any atom is -0.435 e. The van der Waals surface area contributed by atoms with E-state index in [0.717, 1.165) is 6.42 Å². The van der Waals surface area contributed by atoms with Gasteiger partial charge in [-0.15, -0.1) is 4.48 Å². The summed E-state index contributed by atoms with van der Waals surface area (Å²) in [6.07, 6.45) is -1.02. The summed E-state index contributed by atoms with van der Waals surface area (Å²) in [5.74, 6) is 0. The van der Waals surface area contributed by atoms with Crippen molar-refractivity contribution < 1.29 is 23.9 Å². The van der Waals surface area contributed by atoms with Gasteiger partial charge in [0.05, 0.1) is 0 Å². The number of quaternary nitrogens is 1. The summed E-state index contributed by atoms with van der Waals surface area (Å²) in [7, 11) is 0. The Balaban J connectivity index is 2.72. The number of hydrogen-bond acceptors (Lipinski definition) is 3. The second kappa shape index (κ2) is 3.24. The van der Waals surface area contributed by atoms with Crippen molar-refractivity contribution in [1.82, 2.24) is 0 Å². The summed E-state index contributed by atoms with van der Waals surface area (Å²) < 4.78 is 4.49. The van der Waals surface area contributed by atoms with E-state index in [1.807, 2.05) is 0 Å². The number of imide groups is 1. The number of carbonyl (C=O) groups is 2. The van der Waals surface area contributed by atoms with Gasteiger partial charge in [-0.3, -0.25) is 0 Å². The average Bonchev–Trinajstić information content (AvgIpc) is 1.76. The number of nitrogens with zero attached hydrogens (tertiary/aromatic N) is 1. The van der Waals surface area contributed by atoms with Crippen LogP contribution in [0.15, 0.2) is 0 Å². The molecule has 1 rings (SSSR count). The lowest BCUT2D eigenvalue weighted by atomic mass is 10.1. The molecule has 0 aromatic heterocycles. The highest BCUT2D eigenvalue weighted by Gasteiger charge is 2.54. The Morgan fingerprint density at radius 3 is 2.00 bits per heavy atom. The highest BCUT2D eigenvalue weighted by atomic mass is 16.6. The number of carbonyl (C=O) groups excluding carboxylic acids is 1. The number of rotatable bonds is 0. The second-order valence-corrected chi connectivity index (χ2v) is 4.53. The van der Waals surface area contributed by atoms with E-state index in [4.69, 9.17) is 9.84 Å². The third-order valence-electron chi connectivity index (χ3n) is 2.19. The number of ether oxygens (including phenoxy) is 1. The fourth-order valence-electron chi connectivity index (χ4n) is 1.28. The predicted octanol–water partition coefficient (Wildman–Crippen LogP) is 1.82. The molecule has 1 aliphatic heterocycles. The van der Waals surface area contributed by atoms with Crippen molar-refractivity contribution >= 4 is 12.2 Å². The summed E-state index contributed by atoms with van der Waals surface area (Å²) in [5.41, 5.74) is -0.632. The van der Waals surface area contributed by atoms with E-state index in [9.17, 15) is 9.59 Å². The molecule has 0 unspecified atom stereocenters. The van der Waals surface area contributed by atoms with E-state index in [1.165, 1.54) is 0 Å². The third kappa shape index (κ3) is 1.87. The van der Waals surface area contributed by atoms with Crippen molar-refractivity contribution in [3.05, 3.63) is 0 Å². The first-order valence-corrected chi connectivity index (χ1v) is 4.62. The first-order chi connectivity index (χ1) is 6.28. The fourth-order valence-corrected chi connectivity index (χ4v) is 1.28. The van der Waals surface area contributed by atoms with Gasteiger partial charge in [-0.05, 0) is 20.8 Å². The summed E-state index contributed by atoms with van der Waals surface area (Å²) in [4.78, 5) is 22.5. The van der Waals surface area contributed by atoms with E-state index < -0.39 is 22.3 Å². The topological polar surface area (TPSA) is 63.6 Å². The van der Waals surface area contributed by atoms with Gasteiger partial charge < -0.3 is 9.84 Å². The van der Waals surface area contributed by atoms with Gasteiger partial charge in [0, 0.05) is 6.42 Å². The molecule has 1 saturated heterocycles. The molecule has 0 radical (unpaired) electrons. The Bertz CT molecular complexity index is 262. The quantitative estimate of drug-likeness (QED) is 0.608. The molecule has 5 nitrogen and oxygen atoms in total. The lowest BCUT2D eigenvalue weighted by molar-refractivity contribution is -0.827. The zero-order valence-corrected chi connectivity index (χ0v) is 8.74. The van der Waals surface area contributed by atoms with Crippen LogP contribution in [0.25, 0.3) is 0 Å². The summed E-state index contributed by atoms with van der Waals surface area (Å²) in [6.45, 7) is 5.85. The van der Waals surface area contributed by atoms with Gasteiger partial charge in [0.2, 0.25) is 0 Å². The number of hydrogen-bond donors (Lipinski definition) is 1. The van der Waals surface area contributed by atoms with E-state index >= 15 is 0 Å². The molecule has 0 aliphatic carbocycles. The molecule has 0 saturated carbocycles. The fraction of sp³-hybridized carbons (Fsp3) is 0.778. The summed E-state index contributed by atoms with van der Waals surface area (Å²) in [5, 5.41) is 8.92. The molecule has 1 aliphatic rings. The van der Waals surface area contributed by atoms with Crippen LogP contribution in [0.4, 0.5) is 9.59 Å². The van der Waals surface area contributed by atoms with Gasteiger partial charge in [0.1, 0.15) is 18.7 Å². The van der Waals surface area contributed by atoms with Crippen LogP contribution in [-0.2, 0) is 4.74 Å². The number of carboxylic acid groups (broad SMARTS) is 1. The lowest BCUT2D eigenvalue weighted by Gasteiger charge is -2.37. The van der Waals surface area contributed by atoms with Gasteiger partial charge in [-0.2, -0.15) is 9.59 Å². The Morgan fingerprint density at radius 2 is 1.79 bits per heavy atom. The van der Waals surface area contributed by atoms with Gasteiger partial charge >= 0.3 is 12.2 Å². The van der Waals surface area contributed by atoms with Crippen molar-refractivity contribution in [1.29, 1.82) is 0 Å². The molecule has 14 heavy (non-hydrogen) atoms. The van der Waals surface area contributed by atoms with E-state index in [-0.39, 0.29) is 0 Å². The lowest BCUT2D eigenvalue weighted by Crippen LogP contribution is -2.65. The monoisotopic (exact) mass is 202 g/mol. The molecule has 1 fully saturated rings. The maximum Gasteiger partial charge on any atom is 0.527 e. The number of amides is 2. The van der Waals surface area contributed by atoms with Crippen molar-refractivity contribution in [2.45, 2.75) is 32.8 Å². The normalized spacial score (nSPS) is 19.6. The van der Waals surface area contributed by atoms with Gasteiger partial charge in [-0.1, -0.05) is 0 Å². The standard InChI is InChI=1S/C9H15NO4/c1-9(2,3)14-8(13)10(7(11)12)5-4-6-10/h4-6H2,1-3H3/p+1. The molecular weight excluding hydrogens is 186 g/mol. The van der Waals surface area contributed by atoms with Crippen molar-refractivity contribution in [3.8, 4) is 0 Å². The van der Waals surface area contributed by atoms with Crippen LogP contribution < -0.4 is 0 Å². The third-order valence-corrected chi connectivity index (χ3v) is 2.19.